The summed E-state index contributed by atoms with van der Waals surface area (Å²) in [5, 5.41) is 3.89. The third-order valence-corrected chi connectivity index (χ3v) is 3.51. The van der Waals surface area contributed by atoms with Crippen LogP contribution in [0.2, 0.25) is 0 Å². The lowest BCUT2D eigenvalue weighted by Crippen LogP contribution is -2.24. The number of hydrazone groups is 1. The maximum absolute atomic E-state index is 11.7. The van der Waals surface area contributed by atoms with Gasteiger partial charge in [-0.05, 0) is 48.0 Å². The summed E-state index contributed by atoms with van der Waals surface area (Å²) in [5.74, 6) is 1.64. The van der Waals surface area contributed by atoms with Crippen LogP contribution in [0.5, 0.6) is 17.2 Å². The molecule has 0 aliphatic carbocycles. The van der Waals surface area contributed by atoms with Crippen molar-refractivity contribution in [3.8, 4) is 17.2 Å². The van der Waals surface area contributed by atoms with Crippen LogP contribution in [0.25, 0.3) is 0 Å². The van der Waals surface area contributed by atoms with Crippen LogP contribution >= 0.6 is 15.9 Å². The molecule has 1 aliphatic heterocycles. The van der Waals surface area contributed by atoms with Crippen molar-refractivity contribution in [1.82, 2.24) is 5.43 Å². The van der Waals surface area contributed by atoms with Gasteiger partial charge in [0.2, 0.25) is 6.79 Å². The molecule has 2 aromatic carbocycles. The summed E-state index contributed by atoms with van der Waals surface area (Å²) >= 11 is 3.33. The molecule has 2 aromatic rings. The van der Waals surface area contributed by atoms with E-state index in [9.17, 15) is 4.79 Å². The van der Waals surface area contributed by atoms with Gasteiger partial charge in [0.25, 0.3) is 5.91 Å². The summed E-state index contributed by atoms with van der Waals surface area (Å²) in [7, 11) is 0. The molecule has 7 heteroatoms. The normalized spacial score (nSPS) is 12.4. The number of halogens is 1. The maximum Gasteiger partial charge on any atom is 0.277 e. The molecule has 23 heavy (non-hydrogen) atoms. The molecule has 1 aliphatic rings. The number of benzene rings is 2. The molecule has 1 N–H and O–H groups in total. The van der Waals surface area contributed by atoms with Crippen LogP contribution in [-0.2, 0) is 4.79 Å². The number of hydrogen-bond acceptors (Lipinski definition) is 5. The van der Waals surface area contributed by atoms with E-state index in [0.29, 0.717) is 17.2 Å². The summed E-state index contributed by atoms with van der Waals surface area (Å²) < 4.78 is 16.8. The van der Waals surface area contributed by atoms with Crippen molar-refractivity contribution in [2.75, 3.05) is 13.4 Å². The Labute approximate surface area is 141 Å². The second kappa shape index (κ2) is 7.15. The summed E-state index contributed by atoms with van der Waals surface area (Å²) in [6.45, 7) is 0.111. The molecule has 0 saturated carbocycles. The lowest BCUT2D eigenvalue weighted by molar-refractivity contribution is -0.123. The SMILES string of the molecule is O=C(COc1ccc(Br)cc1)NN=Cc1ccc2c(c1)OCO2. The molecule has 118 valence electrons. The second-order valence-corrected chi connectivity index (χ2v) is 5.56. The maximum atomic E-state index is 11.7. The molecule has 0 aromatic heterocycles. The Morgan fingerprint density at radius 2 is 2.00 bits per heavy atom. The monoisotopic (exact) mass is 376 g/mol. The molecular weight excluding hydrogens is 364 g/mol. The van der Waals surface area contributed by atoms with Crippen molar-refractivity contribution in [3.05, 3.63) is 52.5 Å². The number of fused-ring (bicyclic) bond motifs is 1. The van der Waals surface area contributed by atoms with Crippen molar-refractivity contribution in [2.24, 2.45) is 5.10 Å². The highest BCUT2D eigenvalue weighted by Gasteiger charge is 2.12. The Hall–Kier alpha value is -2.54. The van der Waals surface area contributed by atoms with E-state index in [2.05, 4.69) is 26.5 Å². The van der Waals surface area contributed by atoms with E-state index in [-0.39, 0.29) is 19.3 Å². The molecule has 0 spiro atoms. The fourth-order valence-corrected chi connectivity index (χ4v) is 2.15. The Morgan fingerprint density at radius 1 is 1.22 bits per heavy atom. The number of carbonyl (C=O) groups excluding carboxylic acids is 1. The van der Waals surface area contributed by atoms with Crippen molar-refractivity contribution in [1.29, 1.82) is 0 Å². The third-order valence-electron chi connectivity index (χ3n) is 2.98. The molecule has 0 saturated heterocycles. The number of ether oxygens (including phenoxy) is 3. The zero-order valence-electron chi connectivity index (χ0n) is 12.0. The van der Waals surface area contributed by atoms with Crippen molar-refractivity contribution in [3.63, 3.8) is 0 Å². The van der Waals surface area contributed by atoms with Gasteiger partial charge in [0.05, 0.1) is 6.21 Å². The number of hydrogen-bond donors (Lipinski definition) is 1. The predicted molar refractivity (Wildman–Crippen MR) is 87.9 cm³/mol. The van der Waals surface area contributed by atoms with Crippen molar-refractivity contribution in [2.45, 2.75) is 0 Å². The molecule has 0 unspecified atom stereocenters. The van der Waals surface area contributed by atoms with E-state index >= 15 is 0 Å². The zero-order valence-corrected chi connectivity index (χ0v) is 13.6. The van der Waals surface area contributed by atoms with Gasteiger partial charge in [-0.3, -0.25) is 4.79 Å². The number of carbonyl (C=O) groups is 1. The van der Waals surface area contributed by atoms with Gasteiger partial charge in [-0.25, -0.2) is 5.43 Å². The molecule has 0 bridgehead atoms. The number of amides is 1. The molecule has 1 amide bonds. The van der Waals surface area contributed by atoms with E-state index in [1.54, 1.807) is 24.3 Å². The quantitative estimate of drug-likeness (QED) is 0.643. The van der Waals surface area contributed by atoms with Crippen LogP contribution in [0.4, 0.5) is 0 Å². The van der Waals surface area contributed by atoms with Crippen molar-refractivity contribution < 1.29 is 19.0 Å². The van der Waals surface area contributed by atoms with Gasteiger partial charge in [0.1, 0.15) is 5.75 Å². The summed E-state index contributed by atoms with van der Waals surface area (Å²) in [6.07, 6.45) is 1.53. The molecule has 3 rings (SSSR count). The summed E-state index contributed by atoms with van der Waals surface area (Å²) in [4.78, 5) is 11.7. The minimum absolute atomic E-state index is 0.111. The Balaban J connectivity index is 1.47. The number of nitrogens with zero attached hydrogens (tertiary/aromatic N) is 1. The number of nitrogens with one attached hydrogen (secondary N) is 1. The first-order chi connectivity index (χ1) is 11.2. The smallest absolute Gasteiger partial charge is 0.277 e. The van der Waals surface area contributed by atoms with Gasteiger partial charge in [0, 0.05) is 4.47 Å². The molecular formula is C16H13BrN2O4. The van der Waals surface area contributed by atoms with Gasteiger partial charge in [-0.1, -0.05) is 15.9 Å². The first-order valence-corrected chi connectivity index (χ1v) is 7.60. The predicted octanol–water partition coefficient (Wildman–Crippen LogP) is 2.71. The van der Waals surface area contributed by atoms with Crippen LogP contribution in [0.15, 0.2) is 52.0 Å². The van der Waals surface area contributed by atoms with E-state index in [1.807, 2.05) is 18.2 Å². The zero-order chi connectivity index (χ0) is 16.1. The van der Waals surface area contributed by atoms with Gasteiger partial charge >= 0.3 is 0 Å². The highest BCUT2D eigenvalue weighted by atomic mass is 79.9. The molecule has 0 radical (unpaired) electrons. The fourth-order valence-electron chi connectivity index (χ4n) is 1.88. The average Bonchev–Trinajstić information content (AvgIpc) is 3.02. The summed E-state index contributed by atoms with van der Waals surface area (Å²) in [6, 6.07) is 12.6. The molecule has 1 heterocycles. The minimum Gasteiger partial charge on any atom is -0.484 e. The topological polar surface area (TPSA) is 69.2 Å². The molecule has 6 nitrogen and oxygen atoms in total. The number of rotatable bonds is 5. The van der Waals surface area contributed by atoms with E-state index < -0.39 is 0 Å². The molecule has 0 atom stereocenters. The van der Waals surface area contributed by atoms with Gasteiger partial charge in [0.15, 0.2) is 18.1 Å². The molecule has 0 fully saturated rings. The van der Waals surface area contributed by atoms with Crippen LogP contribution in [-0.4, -0.2) is 25.5 Å². The summed E-state index contributed by atoms with van der Waals surface area (Å²) in [5.41, 5.74) is 3.20. The third kappa shape index (κ3) is 4.23. The second-order valence-electron chi connectivity index (χ2n) is 4.65. The fraction of sp³-hybridized carbons (Fsp3) is 0.125. The minimum atomic E-state index is -0.343. The largest absolute Gasteiger partial charge is 0.484 e. The van der Waals surface area contributed by atoms with Crippen molar-refractivity contribution >= 4 is 28.1 Å². The Kier molecular flexibility index (Phi) is 4.77. The van der Waals surface area contributed by atoms with E-state index in [1.165, 1.54) is 6.21 Å². The van der Waals surface area contributed by atoms with Crippen LogP contribution in [0.1, 0.15) is 5.56 Å². The van der Waals surface area contributed by atoms with Crippen LogP contribution < -0.4 is 19.6 Å². The standard InChI is InChI=1S/C16H13BrN2O4/c17-12-2-4-13(5-3-12)21-9-16(20)19-18-8-11-1-6-14-15(7-11)23-10-22-14/h1-8H,9-10H2,(H,19,20). The highest BCUT2D eigenvalue weighted by molar-refractivity contribution is 9.10. The van der Waals surface area contributed by atoms with Crippen LogP contribution in [0, 0.1) is 0 Å². The van der Waals surface area contributed by atoms with Gasteiger partial charge in [-0.2, -0.15) is 5.10 Å². The van der Waals surface area contributed by atoms with E-state index in [4.69, 9.17) is 14.2 Å². The first kappa shape index (κ1) is 15.4. The Bertz CT molecular complexity index is 731. The Morgan fingerprint density at radius 3 is 2.83 bits per heavy atom. The average molecular weight is 377 g/mol. The lowest BCUT2D eigenvalue weighted by Gasteiger charge is -2.04. The van der Waals surface area contributed by atoms with Gasteiger partial charge < -0.3 is 14.2 Å². The lowest BCUT2D eigenvalue weighted by atomic mass is 10.2. The van der Waals surface area contributed by atoms with Gasteiger partial charge in [-0.15, -0.1) is 0 Å². The first-order valence-electron chi connectivity index (χ1n) is 6.80. The highest BCUT2D eigenvalue weighted by Crippen LogP contribution is 2.31. The van der Waals surface area contributed by atoms with Crippen LogP contribution in [0.3, 0.4) is 0 Å². The van der Waals surface area contributed by atoms with E-state index in [0.717, 1.165) is 10.0 Å².